The standard InChI is InChI=1S/C14H26N4/c1-5-14(4,18(6-2)7-3)13(17-15)12-9-8-10-16-11-12/h8-11,13,17H,5-7,15H2,1-4H3. The summed E-state index contributed by atoms with van der Waals surface area (Å²) in [6, 6.07) is 4.11. The molecule has 0 spiro atoms. The maximum absolute atomic E-state index is 5.81. The Kier molecular flexibility index (Phi) is 5.72. The zero-order valence-electron chi connectivity index (χ0n) is 12.0. The van der Waals surface area contributed by atoms with Gasteiger partial charge in [-0.3, -0.25) is 21.2 Å². The highest BCUT2D eigenvalue weighted by Crippen LogP contribution is 2.33. The predicted octanol–water partition coefficient (Wildman–Crippen LogP) is 2.10. The van der Waals surface area contributed by atoms with E-state index in [1.807, 2.05) is 12.3 Å². The Hall–Kier alpha value is -0.970. The Labute approximate surface area is 111 Å². The summed E-state index contributed by atoms with van der Waals surface area (Å²) in [4.78, 5) is 6.65. The van der Waals surface area contributed by atoms with Crippen molar-refractivity contribution in [1.29, 1.82) is 0 Å². The Balaban J connectivity index is 3.11. The van der Waals surface area contributed by atoms with Crippen molar-refractivity contribution in [1.82, 2.24) is 15.3 Å². The molecule has 0 bridgehead atoms. The lowest BCUT2D eigenvalue weighted by Gasteiger charge is -2.45. The third-order valence-electron chi connectivity index (χ3n) is 4.01. The van der Waals surface area contributed by atoms with Crippen molar-refractivity contribution >= 4 is 0 Å². The minimum atomic E-state index is -0.0126. The molecule has 1 aromatic heterocycles. The summed E-state index contributed by atoms with van der Waals surface area (Å²) >= 11 is 0. The van der Waals surface area contributed by atoms with E-state index in [0.29, 0.717) is 0 Å². The molecule has 0 fully saturated rings. The molecule has 0 saturated heterocycles. The van der Waals surface area contributed by atoms with E-state index in [0.717, 1.165) is 25.1 Å². The van der Waals surface area contributed by atoms with E-state index in [1.165, 1.54) is 0 Å². The monoisotopic (exact) mass is 250 g/mol. The summed E-state index contributed by atoms with van der Waals surface area (Å²) < 4.78 is 0. The molecule has 4 heteroatoms. The molecule has 0 saturated carbocycles. The first-order chi connectivity index (χ1) is 8.63. The molecule has 3 N–H and O–H groups in total. The minimum absolute atomic E-state index is 0.0126. The molecule has 2 atom stereocenters. The van der Waals surface area contributed by atoms with Gasteiger partial charge in [-0.1, -0.05) is 26.8 Å². The third kappa shape index (κ3) is 2.88. The second kappa shape index (κ2) is 6.83. The van der Waals surface area contributed by atoms with Crippen molar-refractivity contribution in [2.75, 3.05) is 13.1 Å². The van der Waals surface area contributed by atoms with Gasteiger partial charge in [-0.25, -0.2) is 0 Å². The Morgan fingerprint density at radius 1 is 1.39 bits per heavy atom. The lowest BCUT2D eigenvalue weighted by molar-refractivity contribution is 0.0697. The summed E-state index contributed by atoms with van der Waals surface area (Å²) in [5.41, 5.74) is 4.10. The van der Waals surface area contributed by atoms with Crippen LogP contribution >= 0.6 is 0 Å². The molecule has 0 aliphatic rings. The van der Waals surface area contributed by atoms with Gasteiger partial charge in [0.15, 0.2) is 0 Å². The van der Waals surface area contributed by atoms with Crippen molar-refractivity contribution in [2.45, 2.75) is 45.7 Å². The van der Waals surface area contributed by atoms with Crippen molar-refractivity contribution in [3.63, 3.8) is 0 Å². The SMILES string of the molecule is CCN(CC)C(C)(CC)C(NN)c1cccnc1. The van der Waals surface area contributed by atoms with E-state index in [-0.39, 0.29) is 11.6 Å². The fourth-order valence-corrected chi connectivity index (χ4v) is 2.74. The van der Waals surface area contributed by atoms with E-state index in [2.05, 4.69) is 49.1 Å². The van der Waals surface area contributed by atoms with Crippen LogP contribution in [-0.2, 0) is 0 Å². The van der Waals surface area contributed by atoms with Crippen LogP contribution in [0.15, 0.2) is 24.5 Å². The number of nitrogens with zero attached hydrogens (tertiary/aromatic N) is 2. The predicted molar refractivity (Wildman–Crippen MR) is 75.9 cm³/mol. The van der Waals surface area contributed by atoms with E-state index < -0.39 is 0 Å². The molecule has 1 heterocycles. The molecule has 102 valence electrons. The number of nitrogens with two attached hydrogens (primary N) is 1. The first kappa shape index (κ1) is 15.1. The van der Waals surface area contributed by atoms with Crippen LogP contribution in [0.25, 0.3) is 0 Å². The van der Waals surface area contributed by atoms with Crippen LogP contribution in [0.3, 0.4) is 0 Å². The summed E-state index contributed by atoms with van der Waals surface area (Å²) in [7, 11) is 0. The number of nitrogens with one attached hydrogen (secondary N) is 1. The molecule has 1 rings (SSSR count). The van der Waals surface area contributed by atoms with E-state index >= 15 is 0 Å². The highest BCUT2D eigenvalue weighted by molar-refractivity contribution is 5.19. The zero-order chi connectivity index (χ0) is 13.6. The van der Waals surface area contributed by atoms with Gasteiger partial charge in [0.05, 0.1) is 6.04 Å². The molecule has 0 radical (unpaired) electrons. The van der Waals surface area contributed by atoms with Crippen LogP contribution in [0, 0.1) is 0 Å². The summed E-state index contributed by atoms with van der Waals surface area (Å²) in [6.07, 6.45) is 4.71. The van der Waals surface area contributed by atoms with Gasteiger partial charge in [-0.15, -0.1) is 0 Å². The largest absolute Gasteiger partial charge is 0.297 e. The minimum Gasteiger partial charge on any atom is -0.297 e. The molecule has 0 aliphatic heterocycles. The van der Waals surface area contributed by atoms with Crippen LogP contribution in [0.4, 0.5) is 0 Å². The van der Waals surface area contributed by atoms with E-state index in [1.54, 1.807) is 6.20 Å². The number of likely N-dealkylation sites (N-methyl/N-ethyl adjacent to an activating group) is 1. The van der Waals surface area contributed by atoms with Gasteiger partial charge in [0.25, 0.3) is 0 Å². The smallest absolute Gasteiger partial charge is 0.0656 e. The Bertz CT molecular complexity index is 337. The highest BCUT2D eigenvalue weighted by Gasteiger charge is 2.37. The van der Waals surface area contributed by atoms with E-state index in [9.17, 15) is 0 Å². The zero-order valence-corrected chi connectivity index (χ0v) is 12.0. The molecule has 18 heavy (non-hydrogen) atoms. The topological polar surface area (TPSA) is 54.2 Å². The molecular weight excluding hydrogens is 224 g/mol. The van der Waals surface area contributed by atoms with E-state index in [4.69, 9.17) is 5.84 Å². The van der Waals surface area contributed by atoms with Gasteiger partial charge < -0.3 is 0 Å². The van der Waals surface area contributed by atoms with Crippen molar-refractivity contribution < 1.29 is 0 Å². The molecule has 1 aromatic rings. The first-order valence-corrected chi connectivity index (χ1v) is 6.75. The number of hydrogen-bond acceptors (Lipinski definition) is 4. The lowest BCUT2D eigenvalue weighted by atomic mass is 9.83. The fraction of sp³-hybridized carbons (Fsp3) is 0.643. The van der Waals surface area contributed by atoms with Gasteiger partial charge in [0.1, 0.15) is 0 Å². The lowest BCUT2D eigenvalue weighted by Crippen LogP contribution is -2.55. The van der Waals surface area contributed by atoms with Crippen LogP contribution in [0.2, 0.25) is 0 Å². The number of aromatic nitrogens is 1. The fourth-order valence-electron chi connectivity index (χ4n) is 2.74. The molecule has 0 amide bonds. The van der Waals surface area contributed by atoms with Crippen LogP contribution in [-0.4, -0.2) is 28.5 Å². The number of hydrazine groups is 1. The van der Waals surface area contributed by atoms with Gasteiger partial charge >= 0.3 is 0 Å². The van der Waals surface area contributed by atoms with Gasteiger partial charge in [-0.2, -0.15) is 0 Å². The number of hydrogen-bond donors (Lipinski definition) is 2. The normalized spacial score (nSPS) is 16.6. The average molecular weight is 250 g/mol. The van der Waals surface area contributed by atoms with Gasteiger partial charge in [-0.05, 0) is 38.1 Å². The van der Waals surface area contributed by atoms with Crippen LogP contribution in [0.1, 0.15) is 45.7 Å². The summed E-state index contributed by atoms with van der Waals surface area (Å²) in [5, 5.41) is 0. The molecule has 2 unspecified atom stereocenters. The quantitative estimate of drug-likeness (QED) is 0.575. The van der Waals surface area contributed by atoms with Crippen LogP contribution in [0.5, 0.6) is 0 Å². The second-order valence-electron chi connectivity index (χ2n) is 4.77. The molecule has 0 aromatic carbocycles. The average Bonchev–Trinajstić information content (AvgIpc) is 2.42. The number of pyridine rings is 1. The number of rotatable bonds is 7. The molecule has 4 nitrogen and oxygen atoms in total. The summed E-state index contributed by atoms with van der Waals surface area (Å²) in [6.45, 7) is 10.9. The van der Waals surface area contributed by atoms with Crippen LogP contribution < -0.4 is 11.3 Å². The Morgan fingerprint density at radius 2 is 2.06 bits per heavy atom. The first-order valence-electron chi connectivity index (χ1n) is 6.75. The highest BCUT2D eigenvalue weighted by atomic mass is 15.3. The summed E-state index contributed by atoms with van der Waals surface area (Å²) in [5.74, 6) is 5.81. The van der Waals surface area contributed by atoms with Crippen molar-refractivity contribution in [3.8, 4) is 0 Å². The van der Waals surface area contributed by atoms with Gasteiger partial charge in [0, 0.05) is 17.9 Å². The van der Waals surface area contributed by atoms with Crippen molar-refractivity contribution in [2.24, 2.45) is 5.84 Å². The second-order valence-corrected chi connectivity index (χ2v) is 4.77. The Morgan fingerprint density at radius 3 is 2.44 bits per heavy atom. The van der Waals surface area contributed by atoms with Crippen molar-refractivity contribution in [3.05, 3.63) is 30.1 Å². The molecule has 0 aliphatic carbocycles. The van der Waals surface area contributed by atoms with Gasteiger partial charge in [0.2, 0.25) is 0 Å². The third-order valence-corrected chi connectivity index (χ3v) is 4.01. The molecular formula is C14H26N4. The maximum Gasteiger partial charge on any atom is 0.0656 e. The maximum atomic E-state index is 5.81.